The van der Waals surface area contributed by atoms with Crippen molar-refractivity contribution >= 4 is 11.6 Å². The summed E-state index contributed by atoms with van der Waals surface area (Å²) in [5.41, 5.74) is 1.98. The van der Waals surface area contributed by atoms with E-state index in [1.165, 1.54) is 4.90 Å². The molecule has 2 rings (SSSR count). The summed E-state index contributed by atoms with van der Waals surface area (Å²) in [5.74, 6) is -0.130. The van der Waals surface area contributed by atoms with Crippen LogP contribution in [0.15, 0.2) is 42.9 Å². The molecule has 19 heavy (non-hydrogen) atoms. The highest BCUT2D eigenvalue weighted by atomic mass is 16.3. The van der Waals surface area contributed by atoms with Gasteiger partial charge in [-0.1, -0.05) is 0 Å². The number of aliphatic hydroxyl groups is 1. The third kappa shape index (κ3) is 3.14. The van der Waals surface area contributed by atoms with E-state index >= 15 is 0 Å². The zero-order valence-electron chi connectivity index (χ0n) is 10.7. The van der Waals surface area contributed by atoms with Crippen molar-refractivity contribution in [3.63, 3.8) is 0 Å². The maximum atomic E-state index is 12.3. The summed E-state index contributed by atoms with van der Waals surface area (Å²) in [6, 6.07) is 6.96. The number of carbonyl (C=O) groups is 1. The molecule has 5 nitrogen and oxygen atoms in total. The lowest BCUT2D eigenvalue weighted by Crippen LogP contribution is -2.26. The Labute approximate surface area is 111 Å². The van der Waals surface area contributed by atoms with Gasteiger partial charge in [-0.3, -0.25) is 14.8 Å². The van der Waals surface area contributed by atoms with Gasteiger partial charge in [-0.25, -0.2) is 0 Å². The lowest BCUT2D eigenvalue weighted by molar-refractivity contribution is 0.0992. The summed E-state index contributed by atoms with van der Waals surface area (Å²) < 4.78 is 0. The smallest absolute Gasteiger partial charge is 0.258 e. The second-order valence-electron chi connectivity index (χ2n) is 4.08. The first kappa shape index (κ1) is 13.2. The van der Waals surface area contributed by atoms with Gasteiger partial charge in [-0.2, -0.15) is 0 Å². The summed E-state index contributed by atoms with van der Waals surface area (Å²) in [5, 5.41) is 8.89. The highest BCUT2D eigenvalue weighted by molar-refractivity contribution is 6.05. The summed E-state index contributed by atoms with van der Waals surface area (Å²) in [6.45, 7) is 0.0170. The maximum Gasteiger partial charge on any atom is 0.258 e. The molecule has 1 amide bonds. The van der Waals surface area contributed by atoms with Gasteiger partial charge in [-0.15, -0.1) is 0 Å². The van der Waals surface area contributed by atoms with Crippen LogP contribution in [0.1, 0.15) is 16.1 Å². The molecule has 0 aromatic carbocycles. The normalized spacial score (nSPS) is 10.2. The molecular weight excluding hydrogens is 242 g/mol. The Morgan fingerprint density at radius 3 is 2.89 bits per heavy atom. The van der Waals surface area contributed by atoms with Crippen LogP contribution < -0.4 is 4.90 Å². The number of amides is 1. The van der Waals surface area contributed by atoms with Crippen LogP contribution in [0.4, 0.5) is 5.69 Å². The molecule has 0 atom stereocenters. The van der Waals surface area contributed by atoms with Gasteiger partial charge in [-0.05, 0) is 24.3 Å². The van der Waals surface area contributed by atoms with Gasteiger partial charge in [0, 0.05) is 43.7 Å². The Kier molecular flexibility index (Phi) is 4.20. The Bertz CT molecular complexity index is 558. The van der Waals surface area contributed by atoms with Crippen molar-refractivity contribution < 1.29 is 9.90 Å². The van der Waals surface area contributed by atoms with E-state index in [4.69, 9.17) is 5.11 Å². The zero-order valence-corrected chi connectivity index (χ0v) is 10.7. The molecule has 0 saturated heterocycles. The van der Waals surface area contributed by atoms with Crippen LogP contribution in [0.25, 0.3) is 0 Å². The second-order valence-corrected chi connectivity index (χ2v) is 4.08. The average molecular weight is 257 g/mol. The SMILES string of the molecule is CN(C(=O)c1ccnc(CCO)c1)c1cccnc1. The number of hydrogen-bond acceptors (Lipinski definition) is 4. The first-order valence-electron chi connectivity index (χ1n) is 5.96. The lowest BCUT2D eigenvalue weighted by Gasteiger charge is -2.17. The molecule has 0 aliphatic carbocycles. The fourth-order valence-electron chi connectivity index (χ4n) is 1.73. The van der Waals surface area contributed by atoms with Crippen molar-refractivity contribution in [3.05, 3.63) is 54.1 Å². The molecule has 0 fully saturated rings. The van der Waals surface area contributed by atoms with Crippen LogP contribution >= 0.6 is 0 Å². The molecule has 0 bridgehead atoms. The molecule has 2 aromatic rings. The van der Waals surface area contributed by atoms with Crippen molar-refractivity contribution in [1.29, 1.82) is 0 Å². The Morgan fingerprint density at radius 2 is 2.21 bits per heavy atom. The number of aliphatic hydroxyl groups excluding tert-OH is 1. The van der Waals surface area contributed by atoms with E-state index in [1.54, 1.807) is 43.8 Å². The van der Waals surface area contributed by atoms with Gasteiger partial charge < -0.3 is 10.0 Å². The Hall–Kier alpha value is -2.27. The number of anilines is 1. The zero-order chi connectivity index (χ0) is 13.7. The van der Waals surface area contributed by atoms with Gasteiger partial charge in [0.25, 0.3) is 5.91 Å². The van der Waals surface area contributed by atoms with E-state index in [2.05, 4.69) is 9.97 Å². The number of rotatable bonds is 4. The second kappa shape index (κ2) is 6.06. The fourth-order valence-corrected chi connectivity index (χ4v) is 1.73. The van der Waals surface area contributed by atoms with Crippen LogP contribution in [0.2, 0.25) is 0 Å². The summed E-state index contributed by atoms with van der Waals surface area (Å²) in [7, 11) is 1.70. The van der Waals surface area contributed by atoms with E-state index in [0.29, 0.717) is 17.7 Å². The topological polar surface area (TPSA) is 66.3 Å². The predicted octanol–water partition coefficient (Wildman–Crippen LogP) is 1.29. The molecule has 0 aliphatic heterocycles. The van der Waals surface area contributed by atoms with Crippen molar-refractivity contribution in [3.8, 4) is 0 Å². The van der Waals surface area contributed by atoms with Crippen LogP contribution in [-0.4, -0.2) is 34.6 Å². The first-order valence-corrected chi connectivity index (χ1v) is 5.96. The van der Waals surface area contributed by atoms with Crippen LogP contribution in [0, 0.1) is 0 Å². The lowest BCUT2D eigenvalue weighted by atomic mass is 10.1. The molecular formula is C14H15N3O2. The summed E-state index contributed by atoms with van der Waals surface area (Å²) in [6.07, 6.45) is 5.31. The monoisotopic (exact) mass is 257 g/mol. The summed E-state index contributed by atoms with van der Waals surface area (Å²) >= 11 is 0. The van der Waals surface area contributed by atoms with E-state index < -0.39 is 0 Å². The van der Waals surface area contributed by atoms with Crippen LogP contribution in [0.5, 0.6) is 0 Å². The van der Waals surface area contributed by atoms with Crippen molar-refractivity contribution in [2.45, 2.75) is 6.42 Å². The maximum absolute atomic E-state index is 12.3. The highest BCUT2D eigenvalue weighted by Crippen LogP contribution is 2.14. The fraction of sp³-hybridized carbons (Fsp3) is 0.214. The van der Waals surface area contributed by atoms with Gasteiger partial charge in [0.05, 0.1) is 11.9 Å². The predicted molar refractivity (Wildman–Crippen MR) is 72.0 cm³/mol. The van der Waals surface area contributed by atoms with E-state index in [9.17, 15) is 4.79 Å². The average Bonchev–Trinajstić information content (AvgIpc) is 2.47. The van der Waals surface area contributed by atoms with Crippen molar-refractivity contribution in [2.24, 2.45) is 0 Å². The molecule has 0 unspecified atom stereocenters. The van der Waals surface area contributed by atoms with Crippen molar-refractivity contribution in [1.82, 2.24) is 9.97 Å². The van der Waals surface area contributed by atoms with E-state index in [-0.39, 0.29) is 12.5 Å². The molecule has 0 saturated carbocycles. The quantitative estimate of drug-likeness (QED) is 0.896. The van der Waals surface area contributed by atoms with Gasteiger partial charge in [0.1, 0.15) is 0 Å². The molecule has 2 heterocycles. The molecule has 98 valence electrons. The minimum absolute atomic E-state index is 0.0170. The van der Waals surface area contributed by atoms with Crippen LogP contribution in [0.3, 0.4) is 0 Å². The third-order valence-corrected chi connectivity index (χ3v) is 2.77. The number of nitrogens with zero attached hydrogens (tertiary/aromatic N) is 3. The molecule has 5 heteroatoms. The summed E-state index contributed by atoms with van der Waals surface area (Å²) in [4.78, 5) is 21.9. The molecule has 0 aliphatic rings. The third-order valence-electron chi connectivity index (χ3n) is 2.77. The number of pyridine rings is 2. The molecule has 2 aromatic heterocycles. The molecule has 0 spiro atoms. The Morgan fingerprint density at radius 1 is 1.37 bits per heavy atom. The van der Waals surface area contributed by atoms with Gasteiger partial charge in [0.15, 0.2) is 0 Å². The number of aromatic nitrogens is 2. The molecule has 0 radical (unpaired) electrons. The standard InChI is InChI=1S/C14H15N3O2/c1-17(13-3-2-6-15-10-13)14(19)11-4-7-16-12(9-11)5-8-18/h2-4,6-7,9-10,18H,5,8H2,1H3. The number of carbonyl (C=O) groups excluding carboxylic acids is 1. The first-order chi connectivity index (χ1) is 9.22. The van der Waals surface area contributed by atoms with Gasteiger partial charge in [0.2, 0.25) is 0 Å². The largest absolute Gasteiger partial charge is 0.396 e. The minimum Gasteiger partial charge on any atom is -0.396 e. The van der Waals surface area contributed by atoms with Crippen LogP contribution in [-0.2, 0) is 6.42 Å². The van der Waals surface area contributed by atoms with E-state index in [0.717, 1.165) is 5.69 Å². The minimum atomic E-state index is -0.130. The molecule has 1 N–H and O–H groups in total. The van der Waals surface area contributed by atoms with Crippen molar-refractivity contribution in [2.75, 3.05) is 18.6 Å². The van der Waals surface area contributed by atoms with E-state index in [1.807, 2.05) is 6.07 Å². The Balaban J connectivity index is 2.22. The van der Waals surface area contributed by atoms with Gasteiger partial charge >= 0.3 is 0 Å². The highest BCUT2D eigenvalue weighted by Gasteiger charge is 2.14. The number of hydrogen-bond donors (Lipinski definition) is 1.